The van der Waals surface area contributed by atoms with E-state index in [-0.39, 0.29) is 17.6 Å². The van der Waals surface area contributed by atoms with Gasteiger partial charge in [0.25, 0.3) is 5.91 Å². The Balaban J connectivity index is 1.94. The maximum absolute atomic E-state index is 13.3. The normalized spacial score (nSPS) is 22.5. The summed E-state index contributed by atoms with van der Waals surface area (Å²) in [6.07, 6.45) is 1.27. The van der Waals surface area contributed by atoms with Crippen LogP contribution in [0.15, 0.2) is 24.3 Å². The van der Waals surface area contributed by atoms with Gasteiger partial charge in [0, 0.05) is 18.6 Å². The third kappa shape index (κ3) is 3.58. The fourth-order valence-corrected chi connectivity index (χ4v) is 3.92. The van der Waals surface area contributed by atoms with Crippen LogP contribution < -0.4 is 5.32 Å². The lowest BCUT2D eigenvalue weighted by molar-refractivity contribution is -0.138. The fraction of sp³-hybridized carbons (Fsp3) is 0.611. The monoisotopic (exact) mass is 340 g/mol. The number of rotatable bonds is 3. The molecule has 1 amide bonds. The smallest absolute Gasteiger partial charge is 0.331 e. The Hall–Kier alpha value is -1.56. The number of carbonyl (C=O) groups is 1. The van der Waals surface area contributed by atoms with E-state index in [1.54, 1.807) is 4.90 Å². The maximum atomic E-state index is 13.3. The first-order valence-electron chi connectivity index (χ1n) is 8.68. The summed E-state index contributed by atoms with van der Waals surface area (Å²) in [5.41, 5.74) is -1.05. The first kappa shape index (κ1) is 17.3. The number of hydrogen-bond acceptors (Lipinski definition) is 2. The minimum absolute atomic E-state index is 0.0121. The lowest BCUT2D eigenvalue weighted by Gasteiger charge is -2.39. The van der Waals surface area contributed by atoms with E-state index in [2.05, 4.69) is 5.32 Å². The van der Waals surface area contributed by atoms with Crippen molar-refractivity contribution in [3.63, 3.8) is 0 Å². The van der Waals surface area contributed by atoms with Crippen LogP contribution in [0.3, 0.4) is 0 Å². The number of alkyl halides is 3. The zero-order valence-corrected chi connectivity index (χ0v) is 13.6. The topological polar surface area (TPSA) is 32.3 Å². The van der Waals surface area contributed by atoms with E-state index in [9.17, 15) is 18.0 Å². The van der Waals surface area contributed by atoms with Crippen LogP contribution >= 0.6 is 0 Å². The molecule has 1 atom stereocenters. The number of halogens is 3. The Labute approximate surface area is 140 Å². The molecule has 2 fully saturated rings. The van der Waals surface area contributed by atoms with E-state index in [0.29, 0.717) is 6.54 Å². The van der Waals surface area contributed by atoms with Crippen LogP contribution in [0, 0.1) is 0 Å². The van der Waals surface area contributed by atoms with E-state index in [4.69, 9.17) is 0 Å². The zero-order chi connectivity index (χ0) is 17.2. The van der Waals surface area contributed by atoms with Crippen molar-refractivity contribution in [1.29, 1.82) is 0 Å². The summed E-state index contributed by atoms with van der Waals surface area (Å²) in [4.78, 5) is 14.9. The Morgan fingerprint density at radius 1 is 1.04 bits per heavy atom. The second-order valence-corrected chi connectivity index (χ2v) is 6.69. The van der Waals surface area contributed by atoms with Crippen molar-refractivity contribution in [2.24, 2.45) is 0 Å². The van der Waals surface area contributed by atoms with Crippen molar-refractivity contribution in [1.82, 2.24) is 10.2 Å². The van der Waals surface area contributed by atoms with Gasteiger partial charge in [-0.05, 0) is 37.9 Å². The molecule has 2 aliphatic rings. The van der Waals surface area contributed by atoms with Gasteiger partial charge in [0.2, 0.25) is 0 Å². The molecule has 1 aliphatic heterocycles. The van der Waals surface area contributed by atoms with Gasteiger partial charge in [0.1, 0.15) is 0 Å². The molecule has 1 saturated carbocycles. The van der Waals surface area contributed by atoms with E-state index >= 15 is 0 Å². The van der Waals surface area contributed by atoms with Crippen molar-refractivity contribution in [3.05, 3.63) is 35.4 Å². The summed E-state index contributed by atoms with van der Waals surface area (Å²) < 4.78 is 39.9. The van der Waals surface area contributed by atoms with Crippen LogP contribution in [0.2, 0.25) is 0 Å². The Bertz CT molecular complexity index is 576. The minimum Gasteiger partial charge on any atom is -0.331 e. The lowest BCUT2D eigenvalue weighted by Crippen LogP contribution is -2.49. The Kier molecular flexibility index (Phi) is 5.13. The Morgan fingerprint density at radius 3 is 2.38 bits per heavy atom. The summed E-state index contributed by atoms with van der Waals surface area (Å²) in [5, 5.41) is 3.23. The molecular formula is C18H23F3N2O. The maximum Gasteiger partial charge on any atom is 0.417 e. The quantitative estimate of drug-likeness (QED) is 0.907. The van der Waals surface area contributed by atoms with Gasteiger partial charge >= 0.3 is 6.18 Å². The molecule has 1 N–H and O–H groups in total. The molecule has 1 saturated heterocycles. The van der Waals surface area contributed by atoms with E-state index in [1.807, 2.05) is 0 Å². The molecule has 1 aliphatic carbocycles. The number of nitrogens with zero attached hydrogens (tertiary/aromatic N) is 1. The lowest BCUT2D eigenvalue weighted by atomic mass is 9.91. The highest BCUT2D eigenvalue weighted by Gasteiger charge is 2.39. The first-order chi connectivity index (χ1) is 11.5. The molecule has 0 bridgehead atoms. The number of benzene rings is 1. The van der Waals surface area contributed by atoms with Gasteiger partial charge in [-0.1, -0.05) is 31.4 Å². The van der Waals surface area contributed by atoms with Gasteiger partial charge in [0.15, 0.2) is 0 Å². The summed E-state index contributed by atoms with van der Waals surface area (Å²) >= 11 is 0. The van der Waals surface area contributed by atoms with Crippen molar-refractivity contribution in [2.75, 3.05) is 13.1 Å². The van der Waals surface area contributed by atoms with Gasteiger partial charge in [-0.15, -0.1) is 0 Å². The largest absolute Gasteiger partial charge is 0.417 e. The van der Waals surface area contributed by atoms with E-state index in [1.165, 1.54) is 18.2 Å². The van der Waals surface area contributed by atoms with Crippen molar-refractivity contribution < 1.29 is 18.0 Å². The van der Waals surface area contributed by atoms with Crippen LogP contribution in [-0.4, -0.2) is 36.0 Å². The highest BCUT2D eigenvalue weighted by Crippen LogP contribution is 2.34. The molecule has 0 aromatic heterocycles. The van der Waals surface area contributed by atoms with Crippen LogP contribution in [0.25, 0.3) is 0 Å². The molecule has 6 heteroatoms. The molecule has 0 spiro atoms. The summed E-state index contributed by atoms with van der Waals surface area (Å²) in [6, 6.07) is 5.19. The molecule has 3 rings (SSSR count). The Morgan fingerprint density at radius 2 is 1.75 bits per heavy atom. The van der Waals surface area contributed by atoms with Gasteiger partial charge in [-0.3, -0.25) is 4.79 Å². The average Bonchev–Trinajstić information content (AvgIpc) is 3.09. The van der Waals surface area contributed by atoms with Gasteiger partial charge < -0.3 is 10.2 Å². The predicted octanol–water partition coefficient (Wildman–Crippen LogP) is 3.84. The van der Waals surface area contributed by atoms with Crippen LogP contribution in [-0.2, 0) is 6.18 Å². The average molecular weight is 340 g/mol. The number of amides is 1. The number of hydrogen-bond donors (Lipinski definition) is 1. The SMILES string of the molecule is O=C(c1ccccc1C(F)(F)F)N(C1CCCCC1)[C@H]1CCNC1. The minimum atomic E-state index is -4.52. The third-order valence-corrected chi connectivity index (χ3v) is 5.09. The molecule has 1 aromatic rings. The third-order valence-electron chi connectivity index (χ3n) is 5.09. The summed E-state index contributed by atoms with van der Waals surface area (Å²) in [5.74, 6) is -0.469. The second-order valence-electron chi connectivity index (χ2n) is 6.69. The predicted molar refractivity (Wildman–Crippen MR) is 85.8 cm³/mol. The molecule has 0 radical (unpaired) electrons. The molecular weight excluding hydrogens is 317 g/mol. The van der Waals surface area contributed by atoms with Crippen LogP contribution in [0.1, 0.15) is 54.4 Å². The van der Waals surface area contributed by atoms with Crippen molar-refractivity contribution in [2.45, 2.75) is 56.8 Å². The van der Waals surface area contributed by atoms with Gasteiger partial charge in [0.05, 0.1) is 11.1 Å². The zero-order valence-electron chi connectivity index (χ0n) is 13.6. The summed E-state index contributed by atoms with van der Waals surface area (Å²) in [7, 11) is 0. The van der Waals surface area contributed by atoms with Crippen molar-refractivity contribution in [3.8, 4) is 0 Å². The molecule has 132 valence electrons. The van der Waals surface area contributed by atoms with E-state index < -0.39 is 17.6 Å². The highest BCUT2D eigenvalue weighted by atomic mass is 19.4. The molecule has 1 aromatic carbocycles. The standard InChI is InChI=1S/C18H23F3N2O/c19-18(20,21)16-9-5-4-8-15(16)17(24)23(14-10-11-22-12-14)13-6-2-1-3-7-13/h4-5,8-9,13-14,22H,1-3,6-7,10-12H2/t14-/m0/s1. The van der Waals surface area contributed by atoms with Crippen LogP contribution in [0.5, 0.6) is 0 Å². The summed E-state index contributed by atoms with van der Waals surface area (Å²) in [6.45, 7) is 1.47. The van der Waals surface area contributed by atoms with E-state index in [0.717, 1.165) is 51.1 Å². The number of nitrogens with one attached hydrogen (secondary N) is 1. The number of carbonyl (C=O) groups excluding carboxylic acids is 1. The second kappa shape index (κ2) is 7.13. The van der Waals surface area contributed by atoms with Crippen molar-refractivity contribution >= 4 is 5.91 Å². The van der Waals surface area contributed by atoms with Gasteiger partial charge in [-0.25, -0.2) is 0 Å². The van der Waals surface area contributed by atoms with Crippen LogP contribution in [0.4, 0.5) is 13.2 Å². The highest BCUT2D eigenvalue weighted by molar-refractivity contribution is 5.96. The molecule has 1 heterocycles. The fourth-order valence-electron chi connectivity index (χ4n) is 3.92. The first-order valence-corrected chi connectivity index (χ1v) is 8.68. The molecule has 24 heavy (non-hydrogen) atoms. The molecule has 0 unspecified atom stereocenters. The van der Waals surface area contributed by atoms with Gasteiger partial charge in [-0.2, -0.15) is 13.2 Å². The molecule has 3 nitrogen and oxygen atoms in total.